The number of rotatable bonds is 5. The third kappa shape index (κ3) is 4.95. The zero-order chi connectivity index (χ0) is 14.5. The Balaban J connectivity index is 0.00000176. The molecular weight excluding hydrogens is 304 g/mol. The Kier molecular flexibility index (Phi) is 6.64. The van der Waals surface area contributed by atoms with E-state index in [1.54, 1.807) is 0 Å². The maximum atomic E-state index is 12.0. The predicted molar refractivity (Wildman–Crippen MR) is 84.9 cm³/mol. The number of amides is 1. The molecule has 2 N–H and O–H groups in total. The summed E-state index contributed by atoms with van der Waals surface area (Å²) >= 11 is 0. The normalized spacial score (nSPS) is 22.3. The second-order valence-electron chi connectivity index (χ2n) is 6.25. The van der Waals surface area contributed by atoms with Gasteiger partial charge in [0, 0.05) is 12.5 Å². The third-order valence-electron chi connectivity index (χ3n) is 4.42. The van der Waals surface area contributed by atoms with Crippen LogP contribution in [0.2, 0.25) is 0 Å². The largest absolute Gasteiger partial charge is 0.353 e. The van der Waals surface area contributed by atoms with Gasteiger partial charge < -0.3 is 15.2 Å². The van der Waals surface area contributed by atoms with Crippen molar-refractivity contribution in [3.8, 4) is 0 Å². The van der Waals surface area contributed by atoms with Crippen LogP contribution in [-0.2, 0) is 17.6 Å². The van der Waals surface area contributed by atoms with E-state index in [4.69, 9.17) is 4.52 Å². The van der Waals surface area contributed by atoms with E-state index < -0.39 is 0 Å². The molecule has 1 saturated heterocycles. The molecule has 6 nitrogen and oxygen atoms in total. The topological polar surface area (TPSA) is 80.1 Å². The molecule has 0 spiro atoms. The van der Waals surface area contributed by atoms with Crippen LogP contribution in [0.5, 0.6) is 0 Å². The molecule has 1 saturated carbocycles. The number of hydrogen-bond acceptors (Lipinski definition) is 5. The van der Waals surface area contributed by atoms with Crippen LogP contribution in [0.4, 0.5) is 0 Å². The average molecular weight is 329 g/mol. The highest BCUT2D eigenvalue weighted by Gasteiger charge is 2.20. The molecule has 1 atom stereocenters. The molecule has 124 valence electrons. The minimum Gasteiger partial charge on any atom is -0.353 e. The van der Waals surface area contributed by atoms with Crippen molar-refractivity contribution in [2.75, 3.05) is 13.1 Å². The summed E-state index contributed by atoms with van der Waals surface area (Å²) in [7, 11) is 0. The van der Waals surface area contributed by atoms with Crippen molar-refractivity contribution in [3.05, 3.63) is 11.7 Å². The van der Waals surface area contributed by atoms with Gasteiger partial charge in [0.15, 0.2) is 5.82 Å². The number of carbonyl (C=O) groups excluding carboxylic acids is 1. The van der Waals surface area contributed by atoms with Crippen molar-refractivity contribution in [2.24, 2.45) is 5.92 Å². The fourth-order valence-corrected chi connectivity index (χ4v) is 3.25. The van der Waals surface area contributed by atoms with Gasteiger partial charge in [-0.25, -0.2) is 0 Å². The van der Waals surface area contributed by atoms with Gasteiger partial charge in [-0.3, -0.25) is 4.79 Å². The van der Waals surface area contributed by atoms with E-state index in [1.165, 1.54) is 19.3 Å². The Bertz CT molecular complexity index is 468. The van der Waals surface area contributed by atoms with E-state index >= 15 is 0 Å². The standard InChI is InChI=1S/C15H24N4O2.ClH/c20-14(17-12-4-2-1-3-5-12)9-13-18-15(21-19-13)8-11-6-7-16-10-11;/h11-12,16H,1-10H2,(H,17,20);1H. The third-order valence-corrected chi connectivity index (χ3v) is 4.42. The number of nitrogens with zero attached hydrogens (tertiary/aromatic N) is 2. The molecule has 1 aromatic rings. The summed E-state index contributed by atoms with van der Waals surface area (Å²) in [6.07, 6.45) is 8.10. The van der Waals surface area contributed by atoms with Gasteiger partial charge in [0.1, 0.15) is 0 Å². The summed E-state index contributed by atoms with van der Waals surface area (Å²) < 4.78 is 5.25. The first kappa shape index (κ1) is 17.2. The summed E-state index contributed by atoms with van der Waals surface area (Å²) in [4.78, 5) is 16.3. The van der Waals surface area contributed by atoms with Gasteiger partial charge in [-0.1, -0.05) is 24.4 Å². The minimum absolute atomic E-state index is 0. The van der Waals surface area contributed by atoms with Gasteiger partial charge in [0.2, 0.25) is 11.8 Å². The summed E-state index contributed by atoms with van der Waals surface area (Å²) in [6.45, 7) is 2.08. The Hall–Kier alpha value is -1.14. The highest BCUT2D eigenvalue weighted by atomic mass is 35.5. The zero-order valence-electron chi connectivity index (χ0n) is 12.8. The highest BCUT2D eigenvalue weighted by molar-refractivity contribution is 5.85. The van der Waals surface area contributed by atoms with Crippen LogP contribution >= 0.6 is 12.4 Å². The fraction of sp³-hybridized carbons (Fsp3) is 0.800. The highest BCUT2D eigenvalue weighted by Crippen LogP contribution is 2.17. The number of carbonyl (C=O) groups is 1. The molecule has 1 amide bonds. The maximum Gasteiger partial charge on any atom is 0.228 e. The molecule has 1 aromatic heterocycles. The van der Waals surface area contributed by atoms with E-state index in [0.29, 0.717) is 23.7 Å². The minimum atomic E-state index is 0. The molecular formula is C15H25ClN4O2. The van der Waals surface area contributed by atoms with Crippen LogP contribution in [0.15, 0.2) is 4.52 Å². The maximum absolute atomic E-state index is 12.0. The van der Waals surface area contributed by atoms with Gasteiger partial charge in [-0.15, -0.1) is 12.4 Å². The van der Waals surface area contributed by atoms with E-state index in [1.807, 2.05) is 0 Å². The predicted octanol–water partition coefficient (Wildman–Crippen LogP) is 1.63. The smallest absolute Gasteiger partial charge is 0.228 e. The molecule has 22 heavy (non-hydrogen) atoms. The molecule has 1 unspecified atom stereocenters. The monoisotopic (exact) mass is 328 g/mol. The molecule has 2 fully saturated rings. The van der Waals surface area contributed by atoms with Crippen LogP contribution in [0.25, 0.3) is 0 Å². The lowest BCUT2D eigenvalue weighted by molar-refractivity contribution is -0.121. The Morgan fingerprint density at radius 1 is 1.27 bits per heavy atom. The fourth-order valence-electron chi connectivity index (χ4n) is 3.25. The van der Waals surface area contributed by atoms with E-state index in [2.05, 4.69) is 20.8 Å². The van der Waals surface area contributed by atoms with Crippen molar-refractivity contribution >= 4 is 18.3 Å². The second-order valence-corrected chi connectivity index (χ2v) is 6.25. The lowest BCUT2D eigenvalue weighted by Crippen LogP contribution is -2.37. The number of nitrogens with one attached hydrogen (secondary N) is 2. The van der Waals surface area contributed by atoms with E-state index in [0.717, 1.165) is 38.8 Å². The van der Waals surface area contributed by atoms with Crippen LogP contribution in [-0.4, -0.2) is 35.2 Å². The van der Waals surface area contributed by atoms with Gasteiger partial charge in [-0.2, -0.15) is 4.98 Å². The molecule has 1 aliphatic carbocycles. The number of hydrogen-bond donors (Lipinski definition) is 2. The van der Waals surface area contributed by atoms with Crippen molar-refractivity contribution in [1.82, 2.24) is 20.8 Å². The quantitative estimate of drug-likeness (QED) is 0.859. The Morgan fingerprint density at radius 3 is 2.82 bits per heavy atom. The number of halogens is 1. The molecule has 0 aromatic carbocycles. The van der Waals surface area contributed by atoms with Crippen molar-refractivity contribution < 1.29 is 9.32 Å². The first-order valence-electron chi connectivity index (χ1n) is 8.11. The van der Waals surface area contributed by atoms with Crippen molar-refractivity contribution in [3.63, 3.8) is 0 Å². The molecule has 0 radical (unpaired) electrons. The first-order chi connectivity index (χ1) is 10.3. The second kappa shape index (κ2) is 8.48. The van der Waals surface area contributed by atoms with Gasteiger partial charge in [0.05, 0.1) is 6.42 Å². The van der Waals surface area contributed by atoms with Gasteiger partial charge >= 0.3 is 0 Å². The number of aromatic nitrogens is 2. The summed E-state index contributed by atoms with van der Waals surface area (Å²) in [6, 6.07) is 0.335. The zero-order valence-corrected chi connectivity index (χ0v) is 13.7. The van der Waals surface area contributed by atoms with Crippen molar-refractivity contribution in [2.45, 2.75) is 57.4 Å². The molecule has 2 aliphatic rings. The Morgan fingerprint density at radius 2 is 2.09 bits per heavy atom. The summed E-state index contributed by atoms with van der Waals surface area (Å²) in [5.74, 6) is 1.75. The average Bonchev–Trinajstić information content (AvgIpc) is 3.13. The van der Waals surface area contributed by atoms with Crippen LogP contribution in [0, 0.1) is 5.92 Å². The van der Waals surface area contributed by atoms with Crippen LogP contribution in [0.3, 0.4) is 0 Å². The van der Waals surface area contributed by atoms with Crippen LogP contribution in [0.1, 0.15) is 50.2 Å². The molecule has 3 rings (SSSR count). The summed E-state index contributed by atoms with van der Waals surface area (Å²) in [5.41, 5.74) is 0. The Labute approximate surface area is 137 Å². The van der Waals surface area contributed by atoms with E-state index in [9.17, 15) is 4.79 Å². The first-order valence-corrected chi connectivity index (χ1v) is 8.11. The van der Waals surface area contributed by atoms with Gasteiger partial charge in [-0.05, 0) is 38.3 Å². The van der Waals surface area contributed by atoms with E-state index in [-0.39, 0.29) is 24.7 Å². The van der Waals surface area contributed by atoms with Gasteiger partial charge in [0.25, 0.3) is 0 Å². The molecule has 1 aliphatic heterocycles. The summed E-state index contributed by atoms with van der Waals surface area (Å²) in [5, 5.41) is 10.3. The van der Waals surface area contributed by atoms with Crippen molar-refractivity contribution in [1.29, 1.82) is 0 Å². The molecule has 2 heterocycles. The lowest BCUT2D eigenvalue weighted by atomic mass is 9.95. The lowest BCUT2D eigenvalue weighted by Gasteiger charge is -2.22. The molecule has 0 bridgehead atoms. The molecule has 7 heteroatoms. The SMILES string of the molecule is Cl.O=C(Cc1noc(CC2CCNC2)n1)NC1CCCCC1. The van der Waals surface area contributed by atoms with Crippen LogP contribution < -0.4 is 10.6 Å².